The predicted molar refractivity (Wildman–Crippen MR) is 114 cm³/mol. The highest BCUT2D eigenvalue weighted by Gasteiger charge is 2.22. The molecule has 2 aliphatic heterocycles. The number of amides is 1. The summed E-state index contributed by atoms with van der Waals surface area (Å²) >= 11 is 0. The average molecular weight is 395 g/mol. The van der Waals surface area contributed by atoms with Crippen molar-refractivity contribution in [2.75, 3.05) is 39.4 Å². The van der Waals surface area contributed by atoms with E-state index in [0.717, 1.165) is 49.8 Å². The molecule has 5 heteroatoms. The third-order valence-corrected chi connectivity index (χ3v) is 5.74. The zero-order valence-electron chi connectivity index (χ0n) is 17.4. The summed E-state index contributed by atoms with van der Waals surface area (Å²) < 4.78 is 11.2. The third kappa shape index (κ3) is 4.91. The minimum atomic E-state index is 0.183. The minimum Gasteiger partial charge on any atom is -0.486 e. The lowest BCUT2D eigenvalue weighted by Crippen LogP contribution is -2.48. The van der Waals surface area contributed by atoms with Gasteiger partial charge in [0.1, 0.15) is 13.2 Å². The molecule has 0 atom stereocenters. The van der Waals surface area contributed by atoms with Gasteiger partial charge in [0, 0.05) is 32.7 Å². The Hall–Kier alpha value is -2.53. The number of nitrogens with zero attached hydrogens (tertiary/aromatic N) is 2. The quantitative estimate of drug-likeness (QED) is 0.779. The van der Waals surface area contributed by atoms with Crippen molar-refractivity contribution >= 4 is 5.91 Å². The van der Waals surface area contributed by atoms with Crippen LogP contribution in [0, 0.1) is 0 Å². The summed E-state index contributed by atoms with van der Waals surface area (Å²) in [6, 6.07) is 14.7. The summed E-state index contributed by atoms with van der Waals surface area (Å²) in [6.07, 6.45) is 0.410. The Labute approximate surface area is 173 Å². The van der Waals surface area contributed by atoms with E-state index in [9.17, 15) is 4.79 Å². The van der Waals surface area contributed by atoms with E-state index in [1.165, 1.54) is 11.1 Å². The molecule has 0 bridgehead atoms. The zero-order valence-corrected chi connectivity index (χ0v) is 17.4. The van der Waals surface area contributed by atoms with E-state index in [4.69, 9.17) is 9.47 Å². The van der Waals surface area contributed by atoms with Crippen LogP contribution in [0.4, 0.5) is 0 Å². The summed E-state index contributed by atoms with van der Waals surface area (Å²) in [7, 11) is 0. The van der Waals surface area contributed by atoms with Crippen LogP contribution in [0.5, 0.6) is 11.5 Å². The van der Waals surface area contributed by atoms with Crippen molar-refractivity contribution in [3.8, 4) is 11.5 Å². The highest BCUT2D eigenvalue weighted by atomic mass is 16.6. The van der Waals surface area contributed by atoms with Gasteiger partial charge in [-0.15, -0.1) is 0 Å². The van der Waals surface area contributed by atoms with Crippen LogP contribution in [-0.2, 0) is 17.8 Å². The van der Waals surface area contributed by atoms with E-state index in [0.29, 0.717) is 25.6 Å². The van der Waals surface area contributed by atoms with E-state index in [1.807, 2.05) is 23.1 Å². The molecule has 0 aliphatic carbocycles. The number of benzene rings is 2. The molecule has 0 unspecified atom stereocenters. The van der Waals surface area contributed by atoms with E-state index < -0.39 is 0 Å². The standard InChI is InChI=1S/C24H30N2O3/c1-18(2)21-6-3-19(4-7-21)17-25-9-11-26(12-10-25)24(27)16-20-5-8-22-23(15-20)29-14-13-28-22/h3-8,15,18H,9-14,16-17H2,1-2H3. The maximum Gasteiger partial charge on any atom is 0.227 e. The fourth-order valence-corrected chi connectivity index (χ4v) is 3.91. The molecule has 2 aromatic carbocycles. The molecule has 1 amide bonds. The molecule has 2 aliphatic rings. The monoisotopic (exact) mass is 394 g/mol. The minimum absolute atomic E-state index is 0.183. The number of hydrogen-bond acceptors (Lipinski definition) is 4. The van der Waals surface area contributed by atoms with Gasteiger partial charge in [-0.1, -0.05) is 44.2 Å². The number of ether oxygens (including phenoxy) is 2. The van der Waals surface area contributed by atoms with Gasteiger partial charge in [-0.3, -0.25) is 9.69 Å². The number of fused-ring (bicyclic) bond motifs is 1. The van der Waals surface area contributed by atoms with Gasteiger partial charge >= 0.3 is 0 Å². The van der Waals surface area contributed by atoms with Crippen LogP contribution in [0.1, 0.15) is 36.5 Å². The summed E-state index contributed by atoms with van der Waals surface area (Å²) in [5.41, 5.74) is 3.70. The first kappa shape index (κ1) is 19.8. The number of hydrogen-bond donors (Lipinski definition) is 0. The van der Waals surface area contributed by atoms with Crippen LogP contribution in [0.3, 0.4) is 0 Å². The van der Waals surface area contributed by atoms with Crippen molar-refractivity contribution < 1.29 is 14.3 Å². The second-order valence-corrected chi connectivity index (χ2v) is 8.21. The van der Waals surface area contributed by atoms with Crippen molar-refractivity contribution in [1.29, 1.82) is 0 Å². The molecule has 1 saturated heterocycles. The summed E-state index contributed by atoms with van der Waals surface area (Å²) in [5, 5.41) is 0. The highest BCUT2D eigenvalue weighted by Crippen LogP contribution is 2.31. The largest absolute Gasteiger partial charge is 0.486 e. The van der Waals surface area contributed by atoms with Crippen LogP contribution < -0.4 is 9.47 Å². The molecule has 5 nitrogen and oxygen atoms in total. The van der Waals surface area contributed by atoms with E-state index >= 15 is 0 Å². The summed E-state index contributed by atoms with van der Waals surface area (Å²) in [5.74, 6) is 2.26. The van der Waals surface area contributed by atoms with Gasteiger partial charge in [0.15, 0.2) is 11.5 Å². The Kier molecular flexibility index (Phi) is 6.05. The molecular formula is C24H30N2O3. The van der Waals surface area contributed by atoms with Crippen molar-refractivity contribution in [3.05, 3.63) is 59.2 Å². The molecule has 0 aromatic heterocycles. The van der Waals surface area contributed by atoms with Crippen molar-refractivity contribution in [3.63, 3.8) is 0 Å². The van der Waals surface area contributed by atoms with Crippen LogP contribution in [-0.4, -0.2) is 55.1 Å². The summed E-state index contributed by atoms with van der Waals surface area (Å²) in [6.45, 7) is 9.93. The van der Waals surface area contributed by atoms with Crippen LogP contribution in [0.2, 0.25) is 0 Å². The molecule has 0 spiro atoms. The number of piperazine rings is 1. The second-order valence-electron chi connectivity index (χ2n) is 8.21. The van der Waals surface area contributed by atoms with E-state index in [2.05, 4.69) is 43.0 Å². The average Bonchev–Trinajstić information content (AvgIpc) is 2.74. The molecule has 2 aromatic rings. The zero-order chi connectivity index (χ0) is 20.2. The molecule has 154 valence electrons. The number of carbonyl (C=O) groups is 1. The fourth-order valence-electron chi connectivity index (χ4n) is 3.91. The SMILES string of the molecule is CC(C)c1ccc(CN2CCN(C(=O)Cc3ccc4c(c3)OCCO4)CC2)cc1. The lowest BCUT2D eigenvalue weighted by atomic mass is 10.0. The van der Waals surface area contributed by atoms with Gasteiger partial charge in [0.2, 0.25) is 5.91 Å². The maximum absolute atomic E-state index is 12.7. The fraction of sp³-hybridized carbons (Fsp3) is 0.458. The molecule has 2 heterocycles. The summed E-state index contributed by atoms with van der Waals surface area (Å²) in [4.78, 5) is 17.1. The van der Waals surface area contributed by atoms with Gasteiger partial charge in [0.05, 0.1) is 6.42 Å². The normalized spacial score (nSPS) is 16.9. The Morgan fingerprint density at radius 3 is 2.24 bits per heavy atom. The second kappa shape index (κ2) is 8.87. The van der Waals surface area contributed by atoms with E-state index in [1.54, 1.807) is 0 Å². The van der Waals surface area contributed by atoms with E-state index in [-0.39, 0.29) is 5.91 Å². The Morgan fingerprint density at radius 1 is 0.897 bits per heavy atom. The van der Waals surface area contributed by atoms with Gasteiger partial charge in [-0.25, -0.2) is 0 Å². The first-order chi connectivity index (χ1) is 14.1. The number of carbonyl (C=O) groups excluding carboxylic acids is 1. The Bertz CT molecular complexity index is 840. The number of rotatable bonds is 5. The van der Waals surface area contributed by atoms with Gasteiger partial charge in [0.25, 0.3) is 0 Å². The van der Waals surface area contributed by atoms with Gasteiger partial charge < -0.3 is 14.4 Å². The lowest BCUT2D eigenvalue weighted by Gasteiger charge is -2.35. The van der Waals surface area contributed by atoms with Crippen LogP contribution in [0.25, 0.3) is 0 Å². The molecule has 1 fully saturated rings. The molecule has 0 saturated carbocycles. The van der Waals surface area contributed by atoms with Crippen molar-refractivity contribution in [2.45, 2.75) is 32.7 Å². The Balaban J connectivity index is 1.27. The van der Waals surface area contributed by atoms with Crippen LogP contribution in [0.15, 0.2) is 42.5 Å². The van der Waals surface area contributed by atoms with Crippen molar-refractivity contribution in [1.82, 2.24) is 9.80 Å². The lowest BCUT2D eigenvalue weighted by molar-refractivity contribution is -0.132. The molecule has 4 rings (SSSR count). The first-order valence-electron chi connectivity index (χ1n) is 10.6. The first-order valence-corrected chi connectivity index (χ1v) is 10.6. The van der Waals surface area contributed by atoms with Crippen LogP contribution >= 0.6 is 0 Å². The predicted octanol–water partition coefficient (Wildman–Crippen LogP) is 3.47. The highest BCUT2D eigenvalue weighted by molar-refractivity contribution is 5.79. The third-order valence-electron chi connectivity index (χ3n) is 5.74. The topological polar surface area (TPSA) is 42.0 Å². The Morgan fingerprint density at radius 2 is 1.55 bits per heavy atom. The van der Waals surface area contributed by atoms with Gasteiger partial charge in [-0.05, 0) is 34.7 Å². The maximum atomic E-state index is 12.7. The molecular weight excluding hydrogens is 364 g/mol. The van der Waals surface area contributed by atoms with Gasteiger partial charge in [-0.2, -0.15) is 0 Å². The molecule has 29 heavy (non-hydrogen) atoms. The molecule has 0 N–H and O–H groups in total. The smallest absolute Gasteiger partial charge is 0.227 e. The molecule has 0 radical (unpaired) electrons. The van der Waals surface area contributed by atoms with Crippen molar-refractivity contribution in [2.24, 2.45) is 0 Å².